The summed E-state index contributed by atoms with van der Waals surface area (Å²) < 4.78 is 1.10. The van der Waals surface area contributed by atoms with Gasteiger partial charge in [0.25, 0.3) is 0 Å². The van der Waals surface area contributed by atoms with Crippen LogP contribution >= 0.6 is 15.9 Å². The molecule has 3 rings (SSSR count). The molecular formula is C22H19Br. The third kappa shape index (κ3) is 3.62. The van der Waals surface area contributed by atoms with Gasteiger partial charge in [0, 0.05) is 4.47 Å². The smallest absolute Gasteiger partial charge is 0.0175 e. The fourth-order valence-electron chi connectivity index (χ4n) is 2.90. The highest BCUT2D eigenvalue weighted by Gasteiger charge is 2.12. The predicted molar refractivity (Wildman–Crippen MR) is 103 cm³/mol. The van der Waals surface area contributed by atoms with Gasteiger partial charge in [-0.2, -0.15) is 0 Å². The van der Waals surface area contributed by atoms with E-state index in [0.717, 1.165) is 10.9 Å². The fourth-order valence-corrected chi connectivity index (χ4v) is 3.17. The molecule has 0 amide bonds. The Balaban J connectivity index is 2.26. The zero-order valence-electron chi connectivity index (χ0n) is 13.2. The van der Waals surface area contributed by atoms with Crippen molar-refractivity contribution in [2.45, 2.75) is 13.3 Å². The van der Waals surface area contributed by atoms with Crippen molar-refractivity contribution in [1.29, 1.82) is 0 Å². The van der Waals surface area contributed by atoms with Crippen LogP contribution in [-0.4, -0.2) is 0 Å². The van der Waals surface area contributed by atoms with Crippen molar-refractivity contribution in [1.82, 2.24) is 0 Å². The molecule has 23 heavy (non-hydrogen) atoms. The van der Waals surface area contributed by atoms with Gasteiger partial charge in [0.2, 0.25) is 0 Å². The van der Waals surface area contributed by atoms with Crippen LogP contribution in [0, 0.1) is 0 Å². The largest absolute Gasteiger partial charge is 0.0622 e. The second-order valence-corrected chi connectivity index (χ2v) is 6.36. The van der Waals surface area contributed by atoms with Gasteiger partial charge in [0.05, 0.1) is 0 Å². The molecular weight excluding hydrogens is 344 g/mol. The van der Waals surface area contributed by atoms with Gasteiger partial charge in [0.1, 0.15) is 0 Å². The topological polar surface area (TPSA) is 0 Å². The summed E-state index contributed by atoms with van der Waals surface area (Å²) in [6, 6.07) is 29.9. The van der Waals surface area contributed by atoms with E-state index in [0.29, 0.717) is 0 Å². The normalized spacial score (nSPS) is 11.9. The van der Waals surface area contributed by atoms with Crippen LogP contribution in [0.25, 0.3) is 11.1 Å². The van der Waals surface area contributed by atoms with Crippen molar-refractivity contribution in [3.63, 3.8) is 0 Å². The van der Waals surface area contributed by atoms with Crippen LogP contribution in [0.4, 0.5) is 0 Å². The molecule has 0 atom stereocenters. The molecule has 0 spiro atoms. The SMILES string of the molecule is CCC(=C(c1ccccc1)c1ccc(Br)cc1)c1ccccc1. The van der Waals surface area contributed by atoms with Crippen LogP contribution in [0.1, 0.15) is 30.0 Å². The second kappa shape index (κ2) is 7.43. The van der Waals surface area contributed by atoms with Crippen LogP contribution < -0.4 is 0 Å². The van der Waals surface area contributed by atoms with Gasteiger partial charge in [0.15, 0.2) is 0 Å². The Labute approximate surface area is 146 Å². The Hall–Kier alpha value is -2.12. The van der Waals surface area contributed by atoms with E-state index in [2.05, 4.69) is 108 Å². The lowest BCUT2D eigenvalue weighted by Gasteiger charge is -2.16. The summed E-state index contributed by atoms with van der Waals surface area (Å²) in [5, 5.41) is 0. The summed E-state index contributed by atoms with van der Waals surface area (Å²) in [5.74, 6) is 0. The van der Waals surface area contributed by atoms with Gasteiger partial charge in [-0.1, -0.05) is 95.7 Å². The van der Waals surface area contributed by atoms with Crippen molar-refractivity contribution in [2.24, 2.45) is 0 Å². The molecule has 3 aromatic carbocycles. The summed E-state index contributed by atoms with van der Waals surface area (Å²) in [6.45, 7) is 2.23. The zero-order chi connectivity index (χ0) is 16.1. The predicted octanol–water partition coefficient (Wildman–Crippen LogP) is 6.82. The molecule has 0 unspecified atom stereocenters. The average Bonchev–Trinajstić information content (AvgIpc) is 2.62. The maximum absolute atomic E-state index is 3.53. The highest BCUT2D eigenvalue weighted by atomic mass is 79.9. The summed E-state index contributed by atoms with van der Waals surface area (Å²) in [6.07, 6.45) is 0.990. The lowest BCUT2D eigenvalue weighted by atomic mass is 9.88. The first-order chi connectivity index (χ1) is 11.3. The maximum atomic E-state index is 3.53. The first-order valence-electron chi connectivity index (χ1n) is 7.89. The molecule has 0 aromatic heterocycles. The van der Waals surface area contributed by atoms with E-state index in [1.807, 2.05) is 0 Å². The first kappa shape index (κ1) is 15.8. The van der Waals surface area contributed by atoms with Crippen LogP contribution in [0.15, 0.2) is 89.4 Å². The fraction of sp³-hybridized carbons (Fsp3) is 0.0909. The molecule has 0 saturated heterocycles. The molecule has 0 bridgehead atoms. The minimum absolute atomic E-state index is 0.990. The van der Waals surface area contributed by atoms with Crippen LogP contribution in [0.2, 0.25) is 0 Å². The molecule has 0 nitrogen and oxygen atoms in total. The number of hydrogen-bond donors (Lipinski definition) is 0. The van der Waals surface area contributed by atoms with Crippen molar-refractivity contribution in [2.75, 3.05) is 0 Å². The van der Waals surface area contributed by atoms with Crippen LogP contribution in [0.3, 0.4) is 0 Å². The molecule has 0 fully saturated rings. The van der Waals surface area contributed by atoms with Crippen LogP contribution in [0.5, 0.6) is 0 Å². The van der Waals surface area contributed by atoms with Crippen molar-refractivity contribution in [3.8, 4) is 0 Å². The monoisotopic (exact) mass is 362 g/mol. The Morgan fingerprint density at radius 2 is 1.13 bits per heavy atom. The molecule has 0 aliphatic heterocycles. The number of allylic oxidation sites excluding steroid dienone is 1. The van der Waals surface area contributed by atoms with Gasteiger partial charge in [-0.05, 0) is 46.4 Å². The van der Waals surface area contributed by atoms with Crippen molar-refractivity contribution >= 4 is 27.1 Å². The molecule has 1 heteroatoms. The standard InChI is InChI=1S/C22H19Br/c1-2-21(17-9-5-3-6-10-17)22(18-11-7-4-8-12-18)19-13-15-20(23)16-14-19/h3-16H,2H2,1H3. The Morgan fingerprint density at radius 1 is 0.652 bits per heavy atom. The summed E-state index contributed by atoms with van der Waals surface area (Å²) >= 11 is 3.53. The molecule has 0 radical (unpaired) electrons. The molecule has 114 valence electrons. The van der Waals surface area contributed by atoms with Gasteiger partial charge in [-0.25, -0.2) is 0 Å². The Bertz CT molecular complexity index is 784. The van der Waals surface area contributed by atoms with Gasteiger partial charge >= 0.3 is 0 Å². The Morgan fingerprint density at radius 3 is 1.65 bits per heavy atom. The molecule has 0 heterocycles. The van der Waals surface area contributed by atoms with E-state index >= 15 is 0 Å². The molecule has 3 aromatic rings. The van der Waals surface area contributed by atoms with Gasteiger partial charge in [-0.3, -0.25) is 0 Å². The maximum Gasteiger partial charge on any atom is 0.0175 e. The van der Waals surface area contributed by atoms with Gasteiger partial charge < -0.3 is 0 Å². The average molecular weight is 363 g/mol. The lowest BCUT2D eigenvalue weighted by Crippen LogP contribution is -1.94. The van der Waals surface area contributed by atoms with Crippen molar-refractivity contribution < 1.29 is 0 Å². The van der Waals surface area contributed by atoms with E-state index in [4.69, 9.17) is 0 Å². The highest BCUT2D eigenvalue weighted by molar-refractivity contribution is 9.10. The van der Waals surface area contributed by atoms with E-state index in [1.165, 1.54) is 27.8 Å². The summed E-state index contributed by atoms with van der Waals surface area (Å²) in [5.41, 5.74) is 6.48. The van der Waals surface area contributed by atoms with Crippen LogP contribution in [-0.2, 0) is 0 Å². The minimum atomic E-state index is 0.990. The van der Waals surface area contributed by atoms with Gasteiger partial charge in [-0.15, -0.1) is 0 Å². The Kier molecular flexibility index (Phi) is 5.09. The quantitative estimate of drug-likeness (QED) is 0.446. The molecule has 0 aliphatic carbocycles. The number of halogens is 1. The van der Waals surface area contributed by atoms with Crippen molar-refractivity contribution in [3.05, 3.63) is 106 Å². The van der Waals surface area contributed by atoms with E-state index in [1.54, 1.807) is 0 Å². The van der Waals surface area contributed by atoms with E-state index in [-0.39, 0.29) is 0 Å². The second-order valence-electron chi connectivity index (χ2n) is 5.45. The molecule has 0 saturated carbocycles. The zero-order valence-corrected chi connectivity index (χ0v) is 14.8. The third-order valence-electron chi connectivity index (χ3n) is 3.97. The molecule has 0 N–H and O–H groups in total. The number of hydrogen-bond acceptors (Lipinski definition) is 0. The first-order valence-corrected chi connectivity index (χ1v) is 8.69. The molecule has 0 aliphatic rings. The number of rotatable bonds is 4. The summed E-state index contributed by atoms with van der Waals surface area (Å²) in [7, 11) is 0. The third-order valence-corrected chi connectivity index (χ3v) is 4.50. The highest BCUT2D eigenvalue weighted by Crippen LogP contribution is 2.34. The summed E-state index contributed by atoms with van der Waals surface area (Å²) in [4.78, 5) is 0. The number of benzene rings is 3. The van der Waals surface area contributed by atoms with E-state index < -0.39 is 0 Å². The minimum Gasteiger partial charge on any atom is -0.0622 e. The lowest BCUT2D eigenvalue weighted by molar-refractivity contribution is 1.24. The van der Waals surface area contributed by atoms with E-state index in [9.17, 15) is 0 Å².